The highest BCUT2D eigenvalue weighted by Gasteiger charge is 2.13. The van der Waals surface area contributed by atoms with Crippen LogP contribution in [0, 0.1) is 0 Å². The lowest BCUT2D eigenvalue weighted by atomic mass is 10.1. The summed E-state index contributed by atoms with van der Waals surface area (Å²) >= 11 is 1.41. The first kappa shape index (κ1) is 20.4. The van der Waals surface area contributed by atoms with Crippen LogP contribution in [-0.2, 0) is 11.3 Å². The molecule has 0 unspecified atom stereocenters. The first-order valence-corrected chi connectivity index (χ1v) is 9.97. The number of benzene rings is 2. The SMILES string of the molecule is COc1ccc(SCC(=O)Nc2ccccc2C(=O)NCc2cccnc2)cc1. The van der Waals surface area contributed by atoms with Gasteiger partial charge in [0.1, 0.15) is 5.75 Å². The number of hydrogen-bond donors (Lipinski definition) is 2. The molecule has 29 heavy (non-hydrogen) atoms. The second kappa shape index (κ2) is 10.3. The van der Waals surface area contributed by atoms with Gasteiger partial charge in [-0.05, 0) is 48.0 Å². The summed E-state index contributed by atoms with van der Waals surface area (Å²) in [7, 11) is 1.61. The summed E-state index contributed by atoms with van der Waals surface area (Å²) in [5.41, 5.74) is 1.80. The van der Waals surface area contributed by atoms with Crippen molar-refractivity contribution in [2.24, 2.45) is 0 Å². The normalized spacial score (nSPS) is 10.2. The summed E-state index contributed by atoms with van der Waals surface area (Å²) < 4.78 is 5.13. The van der Waals surface area contributed by atoms with Crippen LogP contribution in [0.1, 0.15) is 15.9 Å². The number of aromatic nitrogens is 1. The van der Waals surface area contributed by atoms with E-state index in [1.54, 1.807) is 43.8 Å². The van der Waals surface area contributed by atoms with Crippen LogP contribution in [0.5, 0.6) is 5.75 Å². The number of ether oxygens (including phenoxy) is 1. The fourth-order valence-electron chi connectivity index (χ4n) is 2.58. The summed E-state index contributed by atoms with van der Waals surface area (Å²) in [5, 5.41) is 5.68. The van der Waals surface area contributed by atoms with E-state index in [1.165, 1.54) is 11.8 Å². The molecular formula is C22H21N3O3S. The van der Waals surface area contributed by atoms with Crippen LogP contribution in [0.3, 0.4) is 0 Å². The molecule has 0 bridgehead atoms. The van der Waals surface area contributed by atoms with Gasteiger partial charge in [0.05, 0.1) is 24.1 Å². The molecule has 1 heterocycles. The summed E-state index contributed by atoms with van der Waals surface area (Å²) in [5.74, 6) is 0.564. The van der Waals surface area contributed by atoms with Crippen LogP contribution in [0.4, 0.5) is 5.69 Å². The van der Waals surface area contributed by atoms with Gasteiger partial charge in [-0.2, -0.15) is 0 Å². The zero-order chi connectivity index (χ0) is 20.5. The van der Waals surface area contributed by atoms with Crippen molar-refractivity contribution in [2.75, 3.05) is 18.2 Å². The minimum Gasteiger partial charge on any atom is -0.497 e. The van der Waals surface area contributed by atoms with E-state index >= 15 is 0 Å². The van der Waals surface area contributed by atoms with E-state index in [0.717, 1.165) is 16.2 Å². The maximum Gasteiger partial charge on any atom is 0.253 e. The third-order valence-corrected chi connectivity index (χ3v) is 5.06. The number of para-hydroxylation sites is 1. The third-order valence-electron chi connectivity index (χ3n) is 4.05. The molecule has 0 atom stereocenters. The van der Waals surface area contributed by atoms with Gasteiger partial charge in [0.25, 0.3) is 5.91 Å². The smallest absolute Gasteiger partial charge is 0.253 e. The molecule has 0 aliphatic heterocycles. The molecular weight excluding hydrogens is 386 g/mol. The molecule has 6 nitrogen and oxygen atoms in total. The van der Waals surface area contributed by atoms with Crippen LogP contribution in [-0.4, -0.2) is 29.7 Å². The molecule has 2 aromatic carbocycles. The van der Waals surface area contributed by atoms with Gasteiger partial charge in [-0.1, -0.05) is 18.2 Å². The van der Waals surface area contributed by atoms with Crippen LogP contribution < -0.4 is 15.4 Å². The Balaban J connectivity index is 1.57. The van der Waals surface area contributed by atoms with Crippen LogP contribution in [0.15, 0.2) is 78.0 Å². The van der Waals surface area contributed by atoms with E-state index in [4.69, 9.17) is 4.74 Å². The zero-order valence-corrected chi connectivity index (χ0v) is 16.7. The Morgan fingerprint density at radius 2 is 1.83 bits per heavy atom. The Morgan fingerprint density at radius 3 is 2.55 bits per heavy atom. The number of nitrogens with one attached hydrogen (secondary N) is 2. The number of pyridine rings is 1. The van der Waals surface area contributed by atoms with Crippen molar-refractivity contribution >= 4 is 29.3 Å². The average molecular weight is 407 g/mol. The van der Waals surface area contributed by atoms with E-state index in [2.05, 4.69) is 15.6 Å². The summed E-state index contributed by atoms with van der Waals surface area (Å²) in [4.78, 5) is 29.9. The number of nitrogens with zero attached hydrogens (tertiary/aromatic N) is 1. The van der Waals surface area contributed by atoms with Crippen LogP contribution in [0.2, 0.25) is 0 Å². The number of thioether (sulfide) groups is 1. The molecule has 0 aliphatic carbocycles. The van der Waals surface area contributed by atoms with E-state index in [9.17, 15) is 9.59 Å². The Bertz CT molecular complexity index is 963. The maximum absolute atomic E-state index is 12.6. The van der Waals surface area contributed by atoms with E-state index in [-0.39, 0.29) is 17.6 Å². The summed E-state index contributed by atoms with van der Waals surface area (Å²) in [6.07, 6.45) is 3.38. The predicted molar refractivity (Wildman–Crippen MR) is 114 cm³/mol. The van der Waals surface area contributed by atoms with Gasteiger partial charge in [0.2, 0.25) is 5.91 Å². The summed E-state index contributed by atoms with van der Waals surface area (Å²) in [6, 6.07) is 18.1. The fraction of sp³-hybridized carbons (Fsp3) is 0.136. The van der Waals surface area contributed by atoms with Crippen molar-refractivity contribution in [1.29, 1.82) is 0 Å². The molecule has 0 fully saturated rings. The second-order valence-corrected chi connectivity index (χ2v) is 7.15. The van der Waals surface area contributed by atoms with E-state index in [0.29, 0.717) is 17.8 Å². The number of anilines is 1. The van der Waals surface area contributed by atoms with Gasteiger partial charge in [-0.25, -0.2) is 0 Å². The van der Waals surface area contributed by atoms with Gasteiger partial charge < -0.3 is 15.4 Å². The van der Waals surface area contributed by atoms with Gasteiger partial charge in [0, 0.05) is 23.8 Å². The highest BCUT2D eigenvalue weighted by atomic mass is 32.2. The first-order valence-electron chi connectivity index (χ1n) is 8.98. The topological polar surface area (TPSA) is 80.3 Å². The van der Waals surface area contributed by atoms with Crippen molar-refractivity contribution in [3.8, 4) is 5.75 Å². The monoisotopic (exact) mass is 407 g/mol. The van der Waals surface area contributed by atoms with Gasteiger partial charge in [0.15, 0.2) is 0 Å². The predicted octanol–water partition coefficient (Wildman–Crippen LogP) is 3.75. The zero-order valence-electron chi connectivity index (χ0n) is 15.9. The number of methoxy groups -OCH3 is 1. The molecule has 148 valence electrons. The van der Waals surface area contributed by atoms with Crippen molar-refractivity contribution in [3.05, 3.63) is 84.2 Å². The quantitative estimate of drug-likeness (QED) is 0.556. The Labute approximate surface area is 173 Å². The Hall–Kier alpha value is -3.32. The Morgan fingerprint density at radius 1 is 1.03 bits per heavy atom. The number of hydrogen-bond acceptors (Lipinski definition) is 5. The van der Waals surface area contributed by atoms with E-state index in [1.807, 2.05) is 36.4 Å². The molecule has 3 aromatic rings. The average Bonchev–Trinajstić information content (AvgIpc) is 2.77. The molecule has 0 spiro atoms. The highest BCUT2D eigenvalue weighted by molar-refractivity contribution is 8.00. The molecule has 2 N–H and O–H groups in total. The number of carbonyl (C=O) groups excluding carboxylic acids is 2. The minimum absolute atomic E-state index is 0.182. The van der Waals surface area contributed by atoms with Crippen LogP contribution >= 0.6 is 11.8 Å². The van der Waals surface area contributed by atoms with E-state index < -0.39 is 0 Å². The first-order chi connectivity index (χ1) is 14.2. The molecule has 0 saturated heterocycles. The molecule has 1 aromatic heterocycles. The number of amides is 2. The van der Waals surface area contributed by atoms with Crippen molar-refractivity contribution in [2.45, 2.75) is 11.4 Å². The van der Waals surface area contributed by atoms with Crippen molar-refractivity contribution in [1.82, 2.24) is 10.3 Å². The molecule has 2 amide bonds. The highest BCUT2D eigenvalue weighted by Crippen LogP contribution is 2.22. The molecule has 0 aliphatic rings. The largest absolute Gasteiger partial charge is 0.497 e. The molecule has 0 saturated carbocycles. The number of rotatable bonds is 8. The Kier molecular flexibility index (Phi) is 7.24. The maximum atomic E-state index is 12.6. The van der Waals surface area contributed by atoms with Gasteiger partial charge in [-0.3, -0.25) is 14.6 Å². The number of carbonyl (C=O) groups is 2. The molecule has 3 rings (SSSR count). The molecule has 7 heteroatoms. The third kappa shape index (κ3) is 6.08. The second-order valence-electron chi connectivity index (χ2n) is 6.10. The van der Waals surface area contributed by atoms with Crippen molar-refractivity contribution in [3.63, 3.8) is 0 Å². The minimum atomic E-state index is -0.257. The van der Waals surface area contributed by atoms with Crippen LogP contribution in [0.25, 0.3) is 0 Å². The van der Waals surface area contributed by atoms with Gasteiger partial charge in [-0.15, -0.1) is 11.8 Å². The van der Waals surface area contributed by atoms with Gasteiger partial charge >= 0.3 is 0 Å². The molecule has 0 radical (unpaired) electrons. The summed E-state index contributed by atoms with van der Waals surface area (Å²) in [6.45, 7) is 0.363. The fourth-order valence-corrected chi connectivity index (χ4v) is 3.28. The van der Waals surface area contributed by atoms with Crippen molar-refractivity contribution < 1.29 is 14.3 Å². The lowest BCUT2D eigenvalue weighted by molar-refractivity contribution is -0.113. The standard InChI is InChI=1S/C22H21N3O3S/c1-28-17-8-10-18(11-9-17)29-15-21(26)25-20-7-3-2-6-19(20)22(27)24-14-16-5-4-12-23-13-16/h2-13H,14-15H2,1H3,(H,24,27)(H,25,26). The lowest BCUT2D eigenvalue weighted by Crippen LogP contribution is -2.25. The lowest BCUT2D eigenvalue weighted by Gasteiger charge is -2.11.